The van der Waals surface area contributed by atoms with Crippen LogP contribution in [-0.4, -0.2) is 15.4 Å². The second kappa shape index (κ2) is 5.90. The first-order valence-electron chi connectivity index (χ1n) is 9.04. The van der Waals surface area contributed by atoms with Crippen molar-refractivity contribution in [1.29, 1.82) is 0 Å². The van der Waals surface area contributed by atoms with E-state index in [0.717, 1.165) is 45.8 Å². The summed E-state index contributed by atoms with van der Waals surface area (Å²) in [6.07, 6.45) is 2.69. The Morgan fingerprint density at radius 3 is 2.54 bits per heavy atom. The van der Waals surface area contributed by atoms with Gasteiger partial charge in [0, 0.05) is 23.9 Å². The van der Waals surface area contributed by atoms with E-state index in [9.17, 15) is 0 Å². The third kappa shape index (κ3) is 2.57. The van der Waals surface area contributed by atoms with Crippen LogP contribution in [0.3, 0.4) is 0 Å². The lowest BCUT2D eigenvalue weighted by Gasteiger charge is -2.25. The van der Waals surface area contributed by atoms with Crippen LogP contribution in [0.25, 0.3) is 11.3 Å². The zero-order valence-corrected chi connectivity index (χ0v) is 15.8. The van der Waals surface area contributed by atoms with Gasteiger partial charge in [-0.25, -0.2) is 0 Å². The summed E-state index contributed by atoms with van der Waals surface area (Å²) in [6.45, 7) is 9.11. The van der Waals surface area contributed by atoms with Crippen molar-refractivity contribution in [2.45, 2.75) is 46.3 Å². The van der Waals surface area contributed by atoms with E-state index in [1.165, 1.54) is 5.56 Å². The molecule has 2 heterocycles. The van der Waals surface area contributed by atoms with Crippen molar-refractivity contribution in [3.8, 4) is 17.0 Å². The molecule has 2 N–H and O–H groups in total. The zero-order chi connectivity index (χ0) is 18.5. The molecule has 1 unspecified atom stereocenters. The molecule has 1 aliphatic rings. The lowest BCUT2D eigenvalue weighted by Crippen LogP contribution is -2.36. The summed E-state index contributed by atoms with van der Waals surface area (Å²) in [5.41, 5.74) is 13.8. The largest absolute Gasteiger partial charge is 0.485 e. The van der Waals surface area contributed by atoms with Crippen molar-refractivity contribution in [2.75, 3.05) is 5.73 Å². The Morgan fingerprint density at radius 1 is 1.08 bits per heavy atom. The molecule has 3 aromatic rings. The van der Waals surface area contributed by atoms with E-state index >= 15 is 0 Å². The summed E-state index contributed by atoms with van der Waals surface area (Å²) in [6, 6.07) is 12.4. The number of nitrogens with zero attached hydrogens (tertiary/aromatic N) is 2. The van der Waals surface area contributed by atoms with Gasteiger partial charge in [0.05, 0.1) is 12.2 Å². The lowest BCUT2D eigenvalue weighted by atomic mass is 9.92. The Hall–Kier alpha value is -2.75. The number of hydrogen-bond acceptors (Lipinski definition) is 3. The molecule has 1 aliphatic heterocycles. The highest BCUT2D eigenvalue weighted by atomic mass is 16.5. The molecule has 4 nitrogen and oxygen atoms in total. The van der Waals surface area contributed by atoms with Gasteiger partial charge in [-0.3, -0.25) is 4.68 Å². The van der Waals surface area contributed by atoms with Gasteiger partial charge < -0.3 is 10.5 Å². The van der Waals surface area contributed by atoms with E-state index in [0.29, 0.717) is 6.54 Å². The quantitative estimate of drug-likeness (QED) is 0.712. The van der Waals surface area contributed by atoms with Crippen LogP contribution < -0.4 is 10.5 Å². The molecule has 1 atom stereocenters. The number of ether oxygens (including phenoxy) is 1. The van der Waals surface area contributed by atoms with Crippen molar-refractivity contribution in [3.05, 3.63) is 64.8 Å². The van der Waals surface area contributed by atoms with Gasteiger partial charge in [0.25, 0.3) is 0 Å². The summed E-state index contributed by atoms with van der Waals surface area (Å²) in [5.74, 6) is 1.00. The molecule has 0 fully saturated rings. The second-order valence-corrected chi connectivity index (χ2v) is 7.57. The van der Waals surface area contributed by atoms with Gasteiger partial charge in [0.1, 0.15) is 11.4 Å². The van der Waals surface area contributed by atoms with E-state index in [2.05, 4.69) is 63.1 Å². The minimum absolute atomic E-state index is 0.340. The zero-order valence-electron chi connectivity index (χ0n) is 15.8. The Morgan fingerprint density at radius 2 is 1.81 bits per heavy atom. The van der Waals surface area contributed by atoms with Gasteiger partial charge in [-0.2, -0.15) is 5.10 Å². The third-order valence-corrected chi connectivity index (χ3v) is 5.61. The average molecular weight is 347 g/mol. The second-order valence-electron chi connectivity index (χ2n) is 7.57. The number of hydrogen-bond donors (Lipinski definition) is 1. The fourth-order valence-electron chi connectivity index (χ4n) is 3.94. The highest BCUT2D eigenvalue weighted by molar-refractivity contribution is 5.66. The van der Waals surface area contributed by atoms with E-state index in [4.69, 9.17) is 10.5 Å². The third-order valence-electron chi connectivity index (χ3n) is 5.61. The van der Waals surface area contributed by atoms with Crippen molar-refractivity contribution in [1.82, 2.24) is 9.78 Å². The Labute approximate surface area is 154 Å². The molecule has 0 spiro atoms. The van der Waals surface area contributed by atoms with Gasteiger partial charge in [-0.1, -0.05) is 30.3 Å². The Balaban J connectivity index is 1.68. The number of anilines is 1. The molecule has 4 heteroatoms. The number of aromatic nitrogens is 2. The Kier molecular flexibility index (Phi) is 3.79. The highest BCUT2D eigenvalue weighted by Gasteiger charge is 2.38. The molecule has 0 saturated heterocycles. The topological polar surface area (TPSA) is 53.1 Å². The highest BCUT2D eigenvalue weighted by Crippen LogP contribution is 2.44. The predicted octanol–water partition coefficient (Wildman–Crippen LogP) is 4.45. The van der Waals surface area contributed by atoms with Crippen LogP contribution in [0.4, 0.5) is 5.69 Å². The first kappa shape index (κ1) is 16.7. The van der Waals surface area contributed by atoms with Crippen LogP contribution in [0.15, 0.2) is 42.6 Å². The molecule has 0 saturated carbocycles. The van der Waals surface area contributed by atoms with Crippen LogP contribution >= 0.6 is 0 Å². The summed E-state index contributed by atoms with van der Waals surface area (Å²) in [4.78, 5) is 0. The van der Waals surface area contributed by atoms with Crippen molar-refractivity contribution in [3.63, 3.8) is 0 Å². The normalized spacial score (nSPS) is 18.6. The molecular formula is C22H25N3O. The first-order valence-corrected chi connectivity index (χ1v) is 9.04. The van der Waals surface area contributed by atoms with Crippen LogP contribution in [0.1, 0.15) is 29.2 Å². The molecule has 0 aliphatic carbocycles. The molecule has 0 bridgehead atoms. The van der Waals surface area contributed by atoms with Gasteiger partial charge in [-0.05, 0) is 56.0 Å². The van der Waals surface area contributed by atoms with Crippen LogP contribution in [-0.2, 0) is 13.0 Å². The van der Waals surface area contributed by atoms with E-state index in [-0.39, 0.29) is 5.60 Å². The summed E-state index contributed by atoms with van der Waals surface area (Å²) < 4.78 is 8.53. The van der Waals surface area contributed by atoms with Crippen molar-refractivity contribution < 1.29 is 4.74 Å². The monoisotopic (exact) mass is 347 g/mol. The molecular weight excluding hydrogens is 322 g/mol. The molecule has 1 aromatic heterocycles. The maximum atomic E-state index is 6.49. The van der Waals surface area contributed by atoms with Gasteiger partial charge in [-0.15, -0.1) is 0 Å². The SMILES string of the molecule is Cc1c(C)c2c(c(C)c1N)CC(C)(Cn1nccc1-c1ccccc1)O2. The van der Waals surface area contributed by atoms with Crippen molar-refractivity contribution >= 4 is 5.69 Å². The average Bonchev–Trinajstić information content (AvgIpc) is 3.23. The first-order chi connectivity index (χ1) is 12.4. The van der Waals surface area contributed by atoms with Gasteiger partial charge in [0.2, 0.25) is 0 Å². The summed E-state index contributed by atoms with van der Waals surface area (Å²) in [5, 5.41) is 4.56. The van der Waals surface area contributed by atoms with E-state index < -0.39 is 0 Å². The minimum atomic E-state index is -0.340. The van der Waals surface area contributed by atoms with E-state index in [1.54, 1.807) is 0 Å². The minimum Gasteiger partial charge on any atom is -0.485 e. The summed E-state index contributed by atoms with van der Waals surface area (Å²) >= 11 is 0. The number of nitrogen functional groups attached to an aromatic ring is 1. The molecule has 4 rings (SSSR count). The predicted molar refractivity (Wildman–Crippen MR) is 105 cm³/mol. The molecule has 0 radical (unpaired) electrons. The van der Waals surface area contributed by atoms with E-state index in [1.807, 2.05) is 16.9 Å². The molecule has 2 aromatic carbocycles. The summed E-state index contributed by atoms with van der Waals surface area (Å²) in [7, 11) is 0. The number of fused-ring (bicyclic) bond motifs is 1. The van der Waals surface area contributed by atoms with Crippen LogP contribution in [0.5, 0.6) is 5.75 Å². The lowest BCUT2D eigenvalue weighted by molar-refractivity contribution is 0.0906. The number of benzene rings is 2. The number of rotatable bonds is 3. The fraction of sp³-hybridized carbons (Fsp3) is 0.318. The standard InChI is InChI=1S/C22H25N3O/c1-14-15(2)21-18(16(3)20(14)23)12-22(4,26-21)13-25-19(10-11-24-25)17-8-6-5-7-9-17/h5-11H,12-13,23H2,1-4H3. The van der Waals surface area contributed by atoms with Crippen LogP contribution in [0.2, 0.25) is 0 Å². The Bertz CT molecular complexity index is 936. The molecule has 0 amide bonds. The smallest absolute Gasteiger partial charge is 0.130 e. The maximum absolute atomic E-state index is 6.49. The van der Waals surface area contributed by atoms with Gasteiger partial charge in [0.15, 0.2) is 0 Å². The van der Waals surface area contributed by atoms with Crippen LogP contribution in [0, 0.1) is 20.8 Å². The molecule has 134 valence electrons. The van der Waals surface area contributed by atoms with Crippen molar-refractivity contribution in [2.24, 2.45) is 0 Å². The maximum Gasteiger partial charge on any atom is 0.130 e. The molecule has 26 heavy (non-hydrogen) atoms. The van der Waals surface area contributed by atoms with Gasteiger partial charge >= 0.3 is 0 Å². The number of nitrogens with two attached hydrogens (primary N) is 1. The fourth-order valence-corrected chi connectivity index (χ4v) is 3.94.